The molecule has 0 spiro atoms. The molecule has 0 saturated carbocycles. The molecule has 0 aliphatic carbocycles. The van der Waals surface area contributed by atoms with E-state index in [4.69, 9.17) is 5.11 Å². The molecule has 0 aromatic carbocycles. The molecular formula is C8H20N2O4S. The summed E-state index contributed by atoms with van der Waals surface area (Å²) in [7, 11) is -3.59. The summed E-state index contributed by atoms with van der Waals surface area (Å²) < 4.78 is 27.0. The molecular weight excluding hydrogens is 220 g/mol. The number of hydrogen-bond acceptors (Lipinski definition) is 4. The highest BCUT2D eigenvalue weighted by Crippen LogP contribution is 1.99. The molecule has 7 heteroatoms. The van der Waals surface area contributed by atoms with Gasteiger partial charge in [-0.1, -0.05) is 13.8 Å². The van der Waals surface area contributed by atoms with Crippen molar-refractivity contribution in [3.05, 3.63) is 0 Å². The lowest BCUT2D eigenvalue weighted by molar-refractivity contribution is 0.00675. The molecule has 15 heavy (non-hydrogen) atoms. The van der Waals surface area contributed by atoms with E-state index in [1.54, 1.807) is 0 Å². The number of rotatable bonds is 7. The molecule has 0 heterocycles. The van der Waals surface area contributed by atoms with Crippen LogP contribution in [0.15, 0.2) is 0 Å². The van der Waals surface area contributed by atoms with Gasteiger partial charge in [-0.05, 0) is 12.8 Å². The van der Waals surface area contributed by atoms with Gasteiger partial charge in [0.05, 0.1) is 12.2 Å². The van der Waals surface area contributed by atoms with E-state index in [1.807, 2.05) is 13.8 Å². The second-order valence-electron chi connectivity index (χ2n) is 4.22. The standard InChI is InChI=1S/C8H20N2O4S/c1-7(2)4-9-15(13,14)10-5-8(3,12)6-11/h7,9-12H,4-6H2,1-3H3. The molecule has 6 nitrogen and oxygen atoms in total. The van der Waals surface area contributed by atoms with Crippen LogP contribution in [0, 0.1) is 5.92 Å². The molecule has 0 fully saturated rings. The highest BCUT2D eigenvalue weighted by molar-refractivity contribution is 7.87. The summed E-state index contributed by atoms with van der Waals surface area (Å²) >= 11 is 0. The van der Waals surface area contributed by atoms with Gasteiger partial charge in [0.25, 0.3) is 10.2 Å². The molecule has 0 aliphatic rings. The van der Waals surface area contributed by atoms with Gasteiger partial charge in [0, 0.05) is 13.1 Å². The molecule has 0 radical (unpaired) electrons. The van der Waals surface area contributed by atoms with Gasteiger partial charge >= 0.3 is 0 Å². The molecule has 0 rings (SSSR count). The van der Waals surface area contributed by atoms with Crippen molar-refractivity contribution in [2.45, 2.75) is 26.4 Å². The van der Waals surface area contributed by atoms with E-state index in [1.165, 1.54) is 6.92 Å². The van der Waals surface area contributed by atoms with Crippen LogP contribution in [0.5, 0.6) is 0 Å². The van der Waals surface area contributed by atoms with Crippen LogP contribution in [0.25, 0.3) is 0 Å². The monoisotopic (exact) mass is 240 g/mol. The van der Waals surface area contributed by atoms with Gasteiger partial charge in [-0.15, -0.1) is 0 Å². The van der Waals surface area contributed by atoms with Crippen LogP contribution < -0.4 is 9.44 Å². The Morgan fingerprint density at radius 1 is 1.33 bits per heavy atom. The topological polar surface area (TPSA) is 98.7 Å². The van der Waals surface area contributed by atoms with Gasteiger partial charge in [0.2, 0.25) is 0 Å². The Labute approximate surface area is 90.9 Å². The van der Waals surface area contributed by atoms with Crippen molar-refractivity contribution in [2.75, 3.05) is 19.7 Å². The van der Waals surface area contributed by atoms with Gasteiger partial charge in [0.15, 0.2) is 0 Å². The first-order chi connectivity index (χ1) is 6.68. The minimum Gasteiger partial charge on any atom is -0.393 e. The first-order valence-electron chi connectivity index (χ1n) is 4.76. The predicted octanol–water partition coefficient (Wildman–Crippen LogP) is -1.19. The number of aliphatic hydroxyl groups is 2. The normalized spacial score (nSPS) is 16.7. The molecule has 0 aromatic rings. The van der Waals surface area contributed by atoms with Crippen LogP contribution in [0.3, 0.4) is 0 Å². The summed E-state index contributed by atoms with van der Waals surface area (Å²) in [6, 6.07) is 0. The van der Waals surface area contributed by atoms with Crippen molar-refractivity contribution in [1.82, 2.24) is 9.44 Å². The third-order valence-electron chi connectivity index (χ3n) is 1.67. The highest BCUT2D eigenvalue weighted by Gasteiger charge is 2.21. The first kappa shape index (κ1) is 14.8. The van der Waals surface area contributed by atoms with Crippen LogP contribution in [0.2, 0.25) is 0 Å². The minimum atomic E-state index is -3.59. The molecule has 92 valence electrons. The van der Waals surface area contributed by atoms with Crippen molar-refractivity contribution in [3.63, 3.8) is 0 Å². The summed E-state index contributed by atoms with van der Waals surface area (Å²) in [4.78, 5) is 0. The fourth-order valence-electron chi connectivity index (χ4n) is 0.634. The number of nitrogens with one attached hydrogen (secondary N) is 2. The van der Waals surface area contributed by atoms with Crippen LogP contribution in [0.4, 0.5) is 0 Å². The minimum absolute atomic E-state index is 0.208. The van der Waals surface area contributed by atoms with E-state index in [0.717, 1.165) is 0 Å². The molecule has 1 unspecified atom stereocenters. The van der Waals surface area contributed by atoms with E-state index in [9.17, 15) is 13.5 Å². The number of hydrogen-bond donors (Lipinski definition) is 4. The quantitative estimate of drug-likeness (QED) is 0.450. The fraction of sp³-hybridized carbons (Fsp3) is 1.00. The Hall–Kier alpha value is -0.210. The van der Waals surface area contributed by atoms with Crippen molar-refractivity contribution < 1.29 is 18.6 Å². The zero-order valence-electron chi connectivity index (χ0n) is 9.32. The summed E-state index contributed by atoms with van der Waals surface area (Å²) in [6.45, 7) is 4.71. The summed E-state index contributed by atoms with van der Waals surface area (Å²) in [5, 5.41) is 18.1. The lowest BCUT2D eigenvalue weighted by Crippen LogP contribution is -2.47. The van der Waals surface area contributed by atoms with Crippen LogP contribution in [-0.2, 0) is 10.2 Å². The third-order valence-corrected chi connectivity index (χ3v) is 2.74. The predicted molar refractivity (Wildman–Crippen MR) is 57.5 cm³/mol. The van der Waals surface area contributed by atoms with Crippen LogP contribution >= 0.6 is 0 Å². The zero-order chi connectivity index (χ0) is 12.1. The summed E-state index contributed by atoms with van der Waals surface area (Å²) in [6.07, 6.45) is 0. The Morgan fingerprint density at radius 2 is 1.87 bits per heavy atom. The maximum atomic E-state index is 11.3. The Kier molecular flexibility index (Phi) is 5.68. The Morgan fingerprint density at radius 3 is 2.27 bits per heavy atom. The van der Waals surface area contributed by atoms with Crippen molar-refractivity contribution in [3.8, 4) is 0 Å². The first-order valence-corrected chi connectivity index (χ1v) is 6.24. The maximum Gasteiger partial charge on any atom is 0.277 e. The Bertz CT molecular complexity index is 274. The average Bonchev–Trinajstić information content (AvgIpc) is 2.13. The summed E-state index contributed by atoms with van der Waals surface area (Å²) in [5.41, 5.74) is -1.44. The van der Waals surface area contributed by atoms with Gasteiger partial charge in [0.1, 0.15) is 0 Å². The van der Waals surface area contributed by atoms with Gasteiger partial charge in [-0.25, -0.2) is 4.72 Å². The largest absolute Gasteiger partial charge is 0.393 e. The van der Waals surface area contributed by atoms with Gasteiger partial charge < -0.3 is 10.2 Å². The van der Waals surface area contributed by atoms with Gasteiger partial charge in [-0.3, -0.25) is 0 Å². The molecule has 1 atom stereocenters. The van der Waals surface area contributed by atoms with E-state index < -0.39 is 22.4 Å². The SMILES string of the molecule is CC(C)CNS(=O)(=O)NCC(C)(O)CO. The van der Waals surface area contributed by atoms with Crippen LogP contribution in [-0.4, -0.2) is 43.9 Å². The van der Waals surface area contributed by atoms with Crippen LogP contribution in [0.1, 0.15) is 20.8 Å². The Balaban J connectivity index is 4.05. The highest BCUT2D eigenvalue weighted by atomic mass is 32.2. The average molecular weight is 240 g/mol. The number of aliphatic hydroxyl groups excluding tert-OH is 1. The van der Waals surface area contributed by atoms with Crippen molar-refractivity contribution in [1.29, 1.82) is 0 Å². The second-order valence-corrected chi connectivity index (χ2v) is 5.81. The molecule has 0 saturated heterocycles. The molecule has 0 amide bonds. The lowest BCUT2D eigenvalue weighted by atomic mass is 10.1. The second kappa shape index (κ2) is 5.76. The lowest BCUT2D eigenvalue weighted by Gasteiger charge is -2.20. The molecule has 4 N–H and O–H groups in total. The van der Waals surface area contributed by atoms with E-state index >= 15 is 0 Å². The van der Waals surface area contributed by atoms with E-state index in [-0.39, 0.29) is 12.5 Å². The fourth-order valence-corrected chi connectivity index (χ4v) is 1.79. The maximum absolute atomic E-state index is 11.3. The van der Waals surface area contributed by atoms with Crippen molar-refractivity contribution >= 4 is 10.2 Å². The third kappa shape index (κ3) is 7.69. The molecule has 0 bridgehead atoms. The smallest absolute Gasteiger partial charge is 0.277 e. The van der Waals surface area contributed by atoms with Gasteiger partial charge in [-0.2, -0.15) is 13.1 Å². The zero-order valence-corrected chi connectivity index (χ0v) is 10.1. The van der Waals surface area contributed by atoms with E-state index in [0.29, 0.717) is 6.54 Å². The summed E-state index contributed by atoms with van der Waals surface area (Å²) in [5.74, 6) is 0.208. The van der Waals surface area contributed by atoms with Crippen molar-refractivity contribution in [2.24, 2.45) is 5.92 Å². The van der Waals surface area contributed by atoms with E-state index in [2.05, 4.69) is 9.44 Å². The molecule has 0 aromatic heterocycles. The molecule has 0 aliphatic heterocycles.